The van der Waals surface area contributed by atoms with Crippen LogP contribution < -0.4 is 16.4 Å². The molecule has 0 rings (SSSR count). The predicted molar refractivity (Wildman–Crippen MR) is 62.3 cm³/mol. The highest BCUT2D eigenvalue weighted by Crippen LogP contribution is 2.08. The highest BCUT2D eigenvalue weighted by Gasteiger charge is 2.25. The lowest BCUT2D eigenvalue weighted by Crippen LogP contribution is -2.52. The summed E-state index contributed by atoms with van der Waals surface area (Å²) in [7, 11) is 0. The predicted octanol–water partition coefficient (Wildman–Crippen LogP) is -0.632. The molecule has 0 radical (unpaired) electrons. The molecule has 0 aromatic heterocycles. The van der Waals surface area contributed by atoms with Gasteiger partial charge in [-0.3, -0.25) is 9.59 Å². The summed E-state index contributed by atoms with van der Waals surface area (Å²) >= 11 is 0. The van der Waals surface area contributed by atoms with Crippen LogP contribution in [0.2, 0.25) is 0 Å². The van der Waals surface area contributed by atoms with Crippen LogP contribution in [0.5, 0.6) is 0 Å². The van der Waals surface area contributed by atoms with E-state index in [1.165, 1.54) is 0 Å². The van der Waals surface area contributed by atoms with Crippen LogP contribution in [-0.2, 0) is 9.59 Å². The standard InChI is InChI=1S/C11H19N3O2/c1-5-6-13-10(16)8(2)14-11(3,4)7-9(12)15/h1,8,14H,6-7H2,2-4H3,(H2,12,15)(H,13,16). The lowest BCUT2D eigenvalue weighted by molar-refractivity contribution is -0.124. The maximum atomic E-state index is 11.5. The molecule has 1 atom stereocenters. The second kappa shape index (κ2) is 6.13. The van der Waals surface area contributed by atoms with E-state index in [9.17, 15) is 9.59 Å². The number of carbonyl (C=O) groups is 2. The molecular weight excluding hydrogens is 206 g/mol. The maximum Gasteiger partial charge on any atom is 0.237 e. The summed E-state index contributed by atoms with van der Waals surface area (Å²) < 4.78 is 0. The van der Waals surface area contributed by atoms with Crippen molar-refractivity contribution < 1.29 is 9.59 Å². The Hall–Kier alpha value is -1.54. The van der Waals surface area contributed by atoms with E-state index in [1.807, 2.05) is 13.8 Å². The van der Waals surface area contributed by atoms with Gasteiger partial charge in [-0.25, -0.2) is 0 Å². The van der Waals surface area contributed by atoms with Gasteiger partial charge in [-0.1, -0.05) is 5.92 Å². The van der Waals surface area contributed by atoms with Crippen LogP contribution in [0.15, 0.2) is 0 Å². The normalized spacial score (nSPS) is 12.6. The van der Waals surface area contributed by atoms with Crippen molar-refractivity contribution in [2.24, 2.45) is 5.73 Å². The third kappa shape index (κ3) is 6.04. The third-order valence-electron chi connectivity index (χ3n) is 1.98. The molecule has 16 heavy (non-hydrogen) atoms. The van der Waals surface area contributed by atoms with Gasteiger partial charge in [0.1, 0.15) is 0 Å². The molecule has 0 aromatic rings. The second-order valence-electron chi connectivity index (χ2n) is 4.31. The van der Waals surface area contributed by atoms with Gasteiger partial charge in [-0.15, -0.1) is 6.42 Å². The number of amides is 2. The molecule has 0 aromatic carbocycles. The molecule has 5 nitrogen and oxygen atoms in total. The number of hydrogen-bond donors (Lipinski definition) is 3. The fourth-order valence-electron chi connectivity index (χ4n) is 1.43. The van der Waals surface area contributed by atoms with Gasteiger partial charge in [-0.2, -0.15) is 0 Å². The zero-order chi connectivity index (χ0) is 12.8. The van der Waals surface area contributed by atoms with Gasteiger partial charge in [0.25, 0.3) is 0 Å². The van der Waals surface area contributed by atoms with Crippen LogP contribution in [0.3, 0.4) is 0 Å². The van der Waals surface area contributed by atoms with Crippen LogP contribution in [0, 0.1) is 12.3 Å². The number of nitrogens with two attached hydrogens (primary N) is 1. The first kappa shape index (κ1) is 14.5. The van der Waals surface area contributed by atoms with Crippen molar-refractivity contribution in [3.05, 3.63) is 0 Å². The van der Waals surface area contributed by atoms with E-state index in [1.54, 1.807) is 6.92 Å². The summed E-state index contributed by atoms with van der Waals surface area (Å²) in [4.78, 5) is 22.3. The summed E-state index contributed by atoms with van der Waals surface area (Å²) in [5.74, 6) is 1.71. The van der Waals surface area contributed by atoms with Gasteiger partial charge in [0, 0.05) is 12.0 Å². The van der Waals surface area contributed by atoms with E-state index in [0.29, 0.717) is 0 Å². The Morgan fingerprint density at radius 2 is 2.06 bits per heavy atom. The Morgan fingerprint density at radius 3 is 2.50 bits per heavy atom. The summed E-state index contributed by atoms with van der Waals surface area (Å²) in [6.07, 6.45) is 5.19. The van der Waals surface area contributed by atoms with Gasteiger partial charge in [0.05, 0.1) is 12.6 Å². The monoisotopic (exact) mass is 225 g/mol. The molecule has 0 heterocycles. The van der Waals surface area contributed by atoms with Crippen LogP contribution in [0.25, 0.3) is 0 Å². The van der Waals surface area contributed by atoms with Crippen molar-refractivity contribution >= 4 is 11.8 Å². The number of hydrogen-bond acceptors (Lipinski definition) is 3. The SMILES string of the molecule is C#CCNC(=O)C(C)NC(C)(C)CC(N)=O. The quantitative estimate of drug-likeness (QED) is 0.526. The molecule has 2 amide bonds. The van der Waals surface area contributed by atoms with Gasteiger partial charge in [0.15, 0.2) is 0 Å². The van der Waals surface area contributed by atoms with E-state index >= 15 is 0 Å². The first-order valence-corrected chi connectivity index (χ1v) is 5.05. The third-order valence-corrected chi connectivity index (χ3v) is 1.98. The smallest absolute Gasteiger partial charge is 0.237 e. The van der Waals surface area contributed by atoms with Crippen molar-refractivity contribution in [2.75, 3.05) is 6.54 Å². The van der Waals surface area contributed by atoms with Crippen molar-refractivity contribution in [3.63, 3.8) is 0 Å². The molecule has 0 saturated heterocycles. The van der Waals surface area contributed by atoms with Crippen LogP contribution in [0.1, 0.15) is 27.2 Å². The average Bonchev–Trinajstić information content (AvgIpc) is 2.10. The number of primary amides is 1. The Labute approximate surface area is 96.2 Å². The maximum absolute atomic E-state index is 11.5. The Kier molecular flexibility index (Phi) is 5.54. The number of carbonyl (C=O) groups excluding carboxylic acids is 2. The van der Waals surface area contributed by atoms with Crippen molar-refractivity contribution in [3.8, 4) is 12.3 Å². The van der Waals surface area contributed by atoms with Crippen molar-refractivity contribution in [1.29, 1.82) is 0 Å². The number of nitrogens with one attached hydrogen (secondary N) is 2. The fourth-order valence-corrected chi connectivity index (χ4v) is 1.43. The first-order chi connectivity index (χ1) is 7.28. The summed E-state index contributed by atoms with van der Waals surface area (Å²) in [6.45, 7) is 5.52. The van der Waals surface area contributed by atoms with Crippen LogP contribution in [0.4, 0.5) is 0 Å². The molecule has 5 heteroatoms. The minimum absolute atomic E-state index is 0.166. The largest absolute Gasteiger partial charge is 0.370 e. The lowest BCUT2D eigenvalue weighted by Gasteiger charge is -2.28. The number of terminal acetylenes is 1. The molecule has 0 aliphatic rings. The average molecular weight is 225 g/mol. The minimum atomic E-state index is -0.515. The fraction of sp³-hybridized carbons (Fsp3) is 0.636. The molecule has 90 valence electrons. The number of rotatable bonds is 6. The summed E-state index contributed by atoms with van der Waals surface area (Å²) in [5, 5.41) is 5.57. The Morgan fingerprint density at radius 1 is 1.50 bits per heavy atom. The molecular formula is C11H19N3O2. The van der Waals surface area contributed by atoms with Crippen LogP contribution >= 0.6 is 0 Å². The van der Waals surface area contributed by atoms with Crippen molar-refractivity contribution in [2.45, 2.75) is 38.8 Å². The second-order valence-corrected chi connectivity index (χ2v) is 4.31. The molecule has 0 aliphatic carbocycles. The molecule has 0 fully saturated rings. The zero-order valence-corrected chi connectivity index (χ0v) is 9.96. The van der Waals surface area contributed by atoms with Crippen molar-refractivity contribution in [1.82, 2.24) is 10.6 Å². The molecule has 0 aliphatic heterocycles. The summed E-state index contributed by atoms with van der Waals surface area (Å²) in [6, 6.07) is -0.428. The highest BCUT2D eigenvalue weighted by atomic mass is 16.2. The Bertz CT molecular complexity index is 305. The zero-order valence-electron chi connectivity index (χ0n) is 9.96. The van der Waals surface area contributed by atoms with Crippen LogP contribution in [-0.4, -0.2) is 29.9 Å². The first-order valence-electron chi connectivity index (χ1n) is 5.05. The Balaban J connectivity index is 4.22. The van der Waals surface area contributed by atoms with Gasteiger partial charge < -0.3 is 16.4 Å². The molecule has 0 bridgehead atoms. The molecule has 1 unspecified atom stereocenters. The molecule has 0 saturated carbocycles. The summed E-state index contributed by atoms with van der Waals surface area (Å²) in [5.41, 5.74) is 4.59. The van der Waals surface area contributed by atoms with E-state index in [0.717, 1.165) is 0 Å². The van der Waals surface area contributed by atoms with Gasteiger partial charge >= 0.3 is 0 Å². The van der Waals surface area contributed by atoms with E-state index < -0.39 is 17.5 Å². The topological polar surface area (TPSA) is 84.2 Å². The highest BCUT2D eigenvalue weighted by molar-refractivity contribution is 5.82. The molecule has 0 spiro atoms. The van der Waals surface area contributed by atoms with E-state index in [4.69, 9.17) is 12.2 Å². The van der Waals surface area contributed by atoms with Gasteiger partial charge in [0.2, 0.25) is 11.8 Å². The van der Waals surface area contributed by atoms with E-state index in [-0.39, 0.29) is 18.9 Å². The van der Waals surface area contributed by atoms with Gasteiger partial charge in [-0.05, 0) is 20.8 Å². The lowest BCUT2D eigenvalue weighted by atomic mass is 9.99. The minimum Gasteiger partial charge on any atom is -0.370 e. The molecule has 4 N–H and O–H groups in total. The van der Waals surface area contributed by atoms with E-state index in [2.05, 4.69) is 16.6 Å².